The Morgan fingerprint density at radius 2 is 2.05 bits per heavy atom. The number of aromatic nitrogens is 1. The van der Waals surface area contributed by atoms with Crippen LogP contribution in [0.15, 0.2) is 6.07 Å². The molecule has 0 aliphatic rings. The SMILES string of the molecule is CCOC(=O)c1cc(C(F)F)c(OC(F)(F)F)c([N+](=O)[O-])n1. The highest BCUT2D eigenvalue weighted by atomic mass is 19.4. The predicted molar refractivity (Wildman–Crippen MR) is 58.5 cm³/mol. The molecule has 12 heteroatoms. The zero-order chi connectivity index (χ0) is 17.1. The fourth-order valence-corrected chi connectivity index (χ4v) is 1.35. The van der Waals surface area contributed by atoms with Crippen molar-refractivity contribution in [2.24, 2.45) is 0 Å². The maximum Gasteiger partial charge on any atom is 0.573 e. The Balaban J connectivity index is 3.53. The maximum absolute atomic E-state index is 12.8. The molecule has 0 saturated heterocycles. The van der Waals surface area contributed by atoms with Crippen molar-refractivity contribution >= 4 is 11.8 Å². The molecule has 22 heavy (non-hydrogen) atoms. The van der Waals surface area contributed by atoms with Crippen molar-refractivity contribution in [3.63, 3.8) is 0 Å². The van der Waals surface area contributed by atoms with Gasteiger partial charge < -0.3 is 19.6 Å². The minimum Gasteiger partial charge on any atom is -0.460 e. The third-order valence-electron chi connectivity index (χ3n) is 2.09. The zero-order valence-electron chi connectivity index (χ0n) is 10.7. The monoisotopic (exact) mass is 330 g/mol. The van der Waals surface area contributed by atoms with Crippen LogP contribution in [-0.4, -0.2) is 28.8 Å². The first-order valence-electron chi connectivity index (χ1n) is 5.47. The number of rotatable bonds is 5. The van der Waals surface area contributed by atoms with E-state index in [1.807, 2.05) is 0 Å². The molecule has 0 aliphatic carbocycles. The molecule has 1 heterocycles. The van der Waals surface area contributed by atoms with Gasteiger partial charge in [-0.1, -0.05) is 0 Å². The topological polar surface area (TPSA) is 91.6 Å². The van der Waals surface area contributed by atoms with E-state index >= 15 is 0 Å². The van der Waals surface area contributed by atoms with Crippen LogP contribution in [0.2, 0.25) is 0 Å². The Hall–Kier alpha value is -2.53. The molecule has 1 rings (SSSR count). The lowest BCUT2D eigenvalue weighted by Gasteiger charge is -2.12. The molecule has 0 amide bonds. The highest BCUT2D eigenvalue weighted by Gasteiger charge is 2.40. The molecule has 0 radical (unpaired) electrons. The Morgan fingerprint density at radius 1 is 1.45 bits per heavy atom. The van der Waals surface area contributed by atoms with E-state index in [9.17, 15) is 36.9 Å². The molecule has 0 N–H and O–H groups in total. The van der Waals surface area contributed by atoms with Crippen LogP contribution in [0, 0.1) is 10.1 Å². The van der Waals surface area contributed by atoms with Gasteiger partial charge in [0.25, 0.3) is 12.1 Å². The second kappa shape index (κ2) is 6.49. The van der Waals surface area contributed by atoms with Gasteiger partial charge in [0.15, 0.2) is 0 Å². The Labute approximate surface area is 118 Å². The number of nitro groups is 1. The third-order valence-corrected chi connectivity index (χ3v) is 2.09. The van der Waals surface area contributed by atoms with Gasteiger partial charge in [0.1, 0.15) is 0 Å². The molecular formula is C10H7F5N2O5. The fourth-order valence-electron chi connectivity index (χ4n) is 1.35. The van der Waals surface area contributed by atoms with E-state index in [1.165, 1.54) is 6.92 Å². The van der Waals surface area contributed by atoms with E-state index in [4.69, 9.17) is 0 Å². The molecule has 0 aliphatic heterocycles. The van der Waals surface area contributed by atoms with Crippen LogP contribution in [0.5, 0.6) is 5.75 Å². The lowest BCUT2D eigenvalue weighted by Crippen LogP contribution is -2.20. The summed E-state index contributed by atoms with van der Waals surface area (Å²) in [5.74, 6) is -4.75. The zero-order valence-corrected chi connectivity index (χ0v) is 10.7. The second-order valence-corrected chi connectivity index (χ2v) is 3.58. The van der Waals surface area contributed by atoms with Crippen molar-refractivity contribution in [2.45, 2.75) is 19.7 Å². The van der Waals surface area contributed by atoms with Crippen LogP contribution in [0.1, 0.15) is 29.4 Å². The molecule has 0 saturated carbocycles. The van der Waals surface area contributed by atoms with Crippen LogP contribution in [-0.2, 0) is 4.74 Å². The van der Waals surface area contributed by atoms with Gasteiger partial charge in [-0.25, -0.2) is 13.6 Å². The van der Waals surface area contributed by atoms with Gasteiger partial charge in [-0.3, -0.25) is 0 Å². The van der Waals surface area contributed by atoms with Crippen LogP contribution in [0.3, 0.4) is 0 Å². The van der Waals surface area contributed by atoms with E-state index in [2.05, 4.69) is 14.5 Å². The highest BCUT2D eigenvalue weighted by molar-refractivity contribution is 5.88. The smallest absolute Gasteiger partial charge is 0.460 e. The summed E-state index contributed by atoms with van der Waals surface area (Å²) in [6, 6.07) is 0.247. The van der Waals surface area contributed by atoms with E-state index < -0.39 is 46.5 Å². The average Bonchev–Trinajstić information content (AvgIpc) is 2.36. The number of halogens is 5. The van der Waals surface area contributed by atoms with Crippen LogP contribution in [0.25, 0.3) is 0 Å². The minimum absolute atomic E-state index is 0.195. The van der Waals surface area contributed by atoms with Crippen molar-refractivity contribution in [1.82, 2.24) is 4.98 Å². The molecule has 1 aromatic rings. The van der Waals surface area contributed by atoms with Crippen LogP contribution < -0.4 is 4.74 Å². The largest absolute Gasteiger partial charge is 0.573 e. The first kappa shape index (κ1) is 17.5. The molecule has 1 aromatic heterocycles. The predicted octanol–water partition coefficient (Wildman–Crippen LogP) is 3.00. The summed E-state index contributed by atoms with van der Waals surface area (Å²) >= 11 is 0. The second-order valence-electron chi connectivity index (χ2n) is 3.58. The number of hydrogen-bond acceptors (Lipinski definition) is 6. The standard InChI is InChI=1S/C10H7F5N2O5/c1-2-21-9(18)5-3-4(7(11)12)6(22-10(13,14)15)8(16-5)17(19)20/h3,7H,2H2,1H3. The van der Waals surface area contributed by atoms with Gasteiger partial charge in [0.2, 0.25) is 5.75 Å². The summed E-state index contributed by atoms with van der Waals surface area (Å²) in [5, 5.41) is 10.7. The Morgan fingerprint density at radius 3 is 2.45 bits per heavy atom. The van der Waals surface area contributed by atoms with E-state index in [0.29, 0.717) is 0 Å². The molecule has 0 fully saturated rings. The summed E-state index contributed by atoms with van der Waals surface area (Å²) in [6.45, 7) is 1.17. The van der Waals surface area contributed by atoms with Gasteiger partial charge in [0.05, 0.1) is 12.2 Å². The van der Waals surface area contributed by atoms with Gasteiger partial charge in [-0.2, -0.15) is 0 Å². The van der Waals surface area contributed by atoms with Crippen molar-refractivity contribution in [3.8, 4) is 5.75 Å². The van der Waals surface area contributed by atoms with Gasteiger partial charge in [-0.15, -0.1) is 13.2 Å². The maximum atomic E-state index is 12.8. The van der Waals surface area contributed by atoms with Crippen molar-refractivity contribution in [2.75, 3.05) is 6.61 Å². The normalized spacial score (nSPS) is 11.4. The van der Waals surface area contributed by atoms with Crippen molar-refractivity contribution in [3.05, 3.63) is 27.4 Å². The number of pyridine rings is 1. The first-order chi connectivity index (χ1) is 10.1. The fraction of sp³-hybridized carbons (Fsp3) is 0.400. The lowest BCUT2D eigenvalue weighted by atomic mass is 10.2. The molecular weight excluding hydrogens is 323 g/mol. The number of alkyl halides is 5. The van der Waals surface area contributed by atoms with E-state index in [1.54, 1.807) is 0 Å². The van der Waals surface area contributed by atoms with Crippen LogP contribution >= 0.6 is 0 Å². The Kier molecular flexibility index (Phi) is 5.17. The Bertz CT molecular complexity index is 590. The molecule has 0 spiro atoms. The van der Waals surface area contributed by atoms with E-state index in [-0.39, 0.29) is 12.7 Å². The number of carbonyl (C=O) groups is 1. The van der Waals surface area contributed by atoms with Crippen molar-refractivity contribution < 1.29 is 41.1 Å². The molecule has 0 unspecified atom stereocenters. The minimum atomic E-state index is -5.46. The molecule has 122 valence electrons. The molecule has 0 atom stereocenters. The number of nitrogens with zero attached hydrogens (tertiary/aromatic N) is 2. The summed E-state index contributed by atoms with van der Waals surface area (Å²) < 4.78 is 69.9. The average molecular weight is 330 g/mol. The number of ether oxygens (including phenoxy) is 2. The number of hydrogen-bond donors (Lipinski definition) is 0. The number of carbonyl (C=O) groups excluding carboxylic acids is 1. The summed E-state index contributed by atoms with van der Waals surface area (Å²) in [4.78, 5) is 23.6. The molecule has 7 nitrogen and oxygen atoms in total. The quantitative estimate of drug-likeness (QED) is 0.357. The summed E-state index contributed by atoms with van der Waals surface area (Å²) in [5.41, 5.74) is -2.43. The van der Waals surface area contributed by atoms with Gasteiger partial charge in [-0.05, 0) is 16.8 Å². The van der Waals surface area contributed by atoms with Crippen molar-refractivity contribution in [1.29, 1.82) is 0 Å². The van der Waals surface area contributed by atoms with Crippen LogP contribution in [0.4, 0.5) is 27.8 Å². The first-order valence-corrected chi connectivity index (χ1v) is 5.47. The summed E-state index contributed by atoms with van der Waals surface area (Å²) in [6.07, 6.45) is -9.03. The van der Waals surface area contributed by atoms with Gasteiger partial charge in [0, 0.05) is 6.07 Å². The highest BCUT2D eigenvalue weighted by Crippen LogP contribution is 2.39. The number of esters is 1. The van der Waals surface area contributed by atoms with E-state index in [0.717, 1.165) is 0 Å². The van der Waals surface area contributed by atoms with Gasteiger partial charge >= 0.3 is 18.1 Å². The molecule has 0 bridgehead atoms. The summed E-state index contributed by atoms with van der Waals surface area (Å²) in [7, 11) is 0. The molecule has 0 aromatic carbocycles. The third kappa shape index (κ3) is 4.23. The lowest BCUT2D eigenvalue weighted by molar-refractivity contribution is -0.393.